The highest BCUT2D eigenvalue weighted by molar-refractivity contribution is 8.00. The van der Waals surface area contributed by atoms with Crippen LogP contribution in [-0.2, 0) is 4.79 Å². The molecule has 1 aliphatic rings. The third kappa shape index (κ3) is 2.78. The topological polar surface area (TPSA) is 88.0 Å². The average molecular weight is 377 g/mol. The second kappa shape index (κ2) is 5.94. The fourth-order valence-corrected chi connectivity index (χ4v) is 3.65. The standard InChI is InChI=1S/C17H13F2N3O3S/c18-17(19,14(23)24)26-16-21-20-15(25)22(16)13-8-7-10(9-5-6-9)11-3-1-2-4-12(11)13/h1-4,7-9H,5-6H2,(H,20,25)(H,23,24). The van der Waals surface area contributed by atoms with Gasteiger partial charge in [-0.05, 0) is 35.8 Å². The molecule has 0 bridgehead atoms. The van der Waals surface area contributed by atoms with Gasteiger partial charge in [-0.15, -0.1) is 5.10 Å². The van der Waals surface area contributed by atoms with E-state index in [4.69, 9.17) is 5.11 Å². The molecule has 1 aliphatic carbocycles. The van der Waals surface area contributed by atoms with Crippen molar-refractivity contribution in [2.24, 2.45) is 0 Å². The molecule has 2 N–H and O–H groups in total. The molecule has 1 saturated carbocycles. The molecule has 6 nitrogen and oxygen atoms in total. The lowest BCUT2D eigenvalue weighted by Gasteiger charge is -2.14. The molecule has 1 aromatic heterocycles. The summed E-state index contributed by atoms with van der Waals surface area (Å²) in [7, 11) is 0. The van der Waals surface area contributed by atoms with Crippen LogP contribution in [0.5, 0.6) is 0 Å². The van der Waals surface area contributed by atoms with Crippen LogP contribution in [0.2, 0.25) is 0 Å². The lowest BCUT2D eigenvalue weighted by molar-refractivity contribution is -0.152. The molecule has 0 amide bonds. The highest BCUT2D eigenvalue weighted by Gasteiger charge is 2.42. The lowest BCUT2D eigenvalue weighted by atomic mass is 9.99. The van der Waals surface area contributed by atoms with E-state index < -0.39 is 22.1 Å². The second-order valence-corrected chi connectivity index (χ2v) is 7.15. The zero-order valence-electron chi connectivity index (χ0n) is 13.3. The number of fused-ring (bicyclic) bond motifs is 1. The Morgan fingerprint density at radius 3 is 2.58 bits per heavy atom. The number of aromatic amines is 1. The zero-order chi connectivity index (χ0) is 18.5. The Balaban J connectivity index is 1.89. The van der Waals surface area contributed by atoms with Crippen LogP contribution in [0.15, 0.2) is 46.3 Å². The number of aliphatic carboxylic acids is 1. The third-order valence-corrected chi connectivity index (χ3v) is 5.19. The van der Waals surface area contributed by atoms with Gasteiger partial charge in [-0.3, -0.25) is 0 Å². The van der Waals surface area contributed by atoms with Gasteiger partial charge in [-0.25, -0.2) is 19.3 Å². The molecule has 0 aliphatic heterocycles. The first-order valence-electron chi connectivity index (χ1n) is 7.88. The van der Waals surface area contributed by atoms with Crippen LogP contribution < -0.4 is 5.69 Å². The second-order valence-electron chi connectivity index (χ2n) is 6.06. The number of thioether (sulfide) groups is 1. The SMILES string of the molecule is O=C(O)C(F)(F)Sc1n[nH]c(=O)n1-c1ccc(C2CC2)c2ccccc12. The molecular formula is C17H13F2N3O3S. The summed E-state index contributed by atoms with van der Waals surface area (Å²) in [6.07, 6.45) is 2.20. The minimum absolute atomic E-state index is 0.285. The normalized spacial score (nSPS) is 14.7. The van der Waals surface area contributed by atoms with Crippen LogP contribution in [0.25, 0.3) is 16.5 Å². The molecule has 3 aromatic rings. The van der Waals surface area contributed by atoms with E-state index in [9.17, 15) is 18.4 Å². The van der Waals surface area contributed by atoms with E-state index in [1.165, 1.54) is 0 Å². The van der Waals surface area contributed by atoms with E-state index in [0.29, 0.717) is 11.6 Å². The van der Waals surface area contributed by atoms with Crippen LogP contribution >= 0.6 is 11.8 Å². The van der Waals surface area contributed by atoms with E-state index in [2.05, 4.69) is 10.2 Å². The average Bonchev–Trinajstić information content (AvgIpc) is 3.39. The first-order chi connectivity index (χ1) is 12.4. The summed E-state index contributed by atoms with van der Waals surface area (Å²) in [4.78, 5) is 22.9. The Morgan fingerprint density at radius 1 is 1.23 bits per heavy atom. The van der Waals surface area contributed by atoms with Gasteiger partial charge in [0.2, 0.25) is 5.16 Å². The van der Waals surface area contributed by atoms with Gasteiger partial charge in [0.05, 0.1) is 5.69 Å². The number of halogens is 2. The molecule has 134 valence electrons. The van der Waals surface area contributed by atoms with Crippen molar-refractivity contribution in [3.05, 3.63) is 52.4 Å². The molecule has 0 unspecified atom stereocenters. The molecule has 9 heteroatoms. The highest BCUT2D eigenvalue weighted by atomic mass is 32.2. The Hall–Kier alpha value is -2.68. The number of hydrogen-bond donors (Lipinski definition) is 2. The summed E-state index contributed by atoms with van der Waals surface area (Å²) in [6.45, 7) is 0. The number of aromatic nitrogens is 3. The molecule has 1 heterocycles. The number of hydrogen-bond acceptors (Lipinski definition) is 4. The van der Waals surface area contributed by atoms with Crippen molar-refractivity contribution in [3.63, 3.8) is 0 Å². The molecule has 4 rings (SSSR count). The van der Waals surface area contributed by atoms with E-state index >= 15 is 0 Å². The minimum Gasteiger partial charge on any atom is -0.476 e. The van der Waals surface area contributed by atoms with Gasteiger partial charge >= 0.3 is 16.9 Å². The summed E-state index contributed by atoms with van der Waals surface area (Å²) >= 11 is -0.285. The van der Waals surface area contributed by atoms with Gasteiger partial charge in [-0.2, -0.15) is 8.78 Å². The molecule has 0 saturated heterocycles. The van der Waals surface area contributed by atoms with Crippen LogP contribution in [0.4, 0.5) is 8.78 Å². The maximum Gasteiger partial charge on any atom is 0.395 e. The highest BCUT2D eigenvalue weighted by Crippen LogP contribution is 2.44. The number of carboxylic acid groups (broad SMARTS) is 1. The van der Waals surface area contributed by atoms with Gasteiger partial charge in [0, 0.05) is 17.1 Å². The molecule has 1 fully saturated rings. The third-order valence-electron chi connectivity index (χ3n) is 4.30. The van der Waals surface area contributed by atoms with Gasteiger partial charge < -0.3 is 5.11 Å². The summed E-state index contributed by atoms with van der Waals surface area (Å²) in [5, 5.41) is 11.5. The Morgan fingerprint density at radius 2 is 1.92 bits per heavy atom. The van der Waals surface area contributed by atoms with E-state index in [1.54, 1.807) is 18.2 Å². The summed E-state index contributed by atoms with van der Waals surface area (Å²) in [5.74, 6) is -1.82. The maximum absolute atomic E-state index is 13.6. The van der Waals surface area contributed by atoms with Crippen molar-refractivity contribution in [2.75, 3.05) is 0 Å². The van der Waals surface area contributed by atoms with Crippen LogP contribution in [0.3, 0.4) is 0 Å². The Labute approximate surface area is 149 Å². The Bertz CT molecular complexity index is 1070. The zero-order valence-corrected chi connectivity index (χ0v) is 14.1. The number of H-pyrrole nitrogens is 1. The van der Waals surface area contributed by atoms with E-state index in [1.807, 2.05) is 18.2 Å². The number of rotatable bonds is 5. The molecule has 2 aromatic carbocycles. The van der Waals surface area contributed by atoms with E-state index in [-0.39, 0.29) is 11.8 Å². The van der Waals surface area contributed by atoms with Crippen molar-refractivity contribution in [1.82, 2.24) is 14.8 Å². The first-order valence-corrected chi connectivity index (χ1v) is 8.70. The molecule has 0 atom stereocenters. The fraction of sp³-hybridized carbons (Fsp3) is 0.235. The number of nitrogens with one attached hydrogen (secondary N) is 1. The monoisotopic (exact) mass is 377 g/mol. The van der Waals surface area contributed by atoms with Crippen LogP contribution in [0.1, 0.15) is 24.3 Å². The summed E-state index contributed by atoms with van der Waals surface area (Å²) < 4.78 is 28.2. The fourth-order valence-electron chi connectivity index (χ4n) is 2.97. The van der Waals surface area contributed by atoms with Crippen LogP contribution in [-0.4, -0.2) is 31.1 Å². The summed E-state index contributed by atoms with van der Waals surface area (Å²) in [6, 6.07) is 11.0. The van der Waals surface area contributed by atoms with Crippen molar-refractivity contribution >= 4 is 28.5 Å². The molecular weight excluding hydrogens is 364 g/mol. The number of nitrogens with zero attached hydrogens (tertiary/aromatic N) is 2. The molecule has 26 heavy (non-hydrogen) atoms. The molecule has 0 spiro atoms. The minimum atomic E-state index is -4.10. The number of alkyl halides is 2. The summed E-state index contributed by atoms with van der Waals surface area (Å²) in [5.41, 5.74) is 0.830. The van der Waals surface area contributed by atoms with Crippen molar-refractivity contribution in [3.8, 4) is 5.69 Å². The van der Waals surface area contributed by atoms with Crippen molar-refractivity contribution in [2.45, 2.75) is 29.2 Å². The lowest BCUT2D eigenvalue weighted by Crippen LogP contribution is -2.25. The largest absolute Gasteiger partial charge is 0.476 e. The number of carbonyl (C=O) groups is 1. The van der Waals surface area contributed by atoms with Gasteiger partial charge in [0.1, 0.15) is 0 Å². The van der Waals surface area contributed by atoms with Gasteiger partial charge in [0.15, 0.2) is 0 Å². The van der Waals surface area contributed by atoms with Crippen molar-refractivity contribution in [1.29, 1.82) is 0 Å². The quantitative estimate of drug-likeness (QED) is 0.666. The maximum atomic E-state index is 13.6. The molecule has 0 radical (unpaired) electrons. The Kier molecular flexibility index (Phi) is 3.83. The van der Waals surface area contributed by atoms with Gasteiger partial charge in [0.25, 0.3) is 0 Å². The van der Waals surface area contributed by atoms with Crippen LogP contribution in [0, 0.1) is 0 Å². The van der Waals surface area contributed by atoms with E-state index in [0.717, 1.165) is 33.7 Å². The van der Waals surface area contributed by atoms with Crippen molar-refractivity contribution < 1.29 is 18.7 Å². The smallest absolute Gasteiger partial charge is 0.395 e. The number of benzene rings is 2. The predicted molar refractivity (Wildman–Crippen MR) is 92.1 cm³/mol. The predicted octanol–water partition coefficient (Wildman–Crippen LogP) is 3.36. The number of carboxylic acids is 1. The van der Waals surface area contributed by atoms with Gasteiger partial charge in [-0.1, -0.05) is 30.3 Å². The first kappa shape index (κ1) is 16.8.